The van der Waals surface area contributed by atoms with Crippen LogP contribution in [0, 0.1) is 0 Å². The summed E-state index contributed by atoms with van der Waals surface area (Å²) in [5, 5.41) is 8.20. The summed E-state index contributed by atoms with van der Waals surface area (Å²) in [6.07, 6.45) is 8.58. The third-order valence-electron chi connectivity index (χ3n) is 1.41. The predicted molar refractivity (Wildman–Crippen MR) is 51.0 cm³/mol. The highest BCUT2D eigenvalue weighted by Crippen LogP contribution is 1.89. The maximum atomic E-state index is 9.79. The molecule has 1 heterocycles. The van der Waals surface area contributed by atoms with E-state index in [4.69, 9.17) is 5.11 Å². The Morgan fingerprint density at radius 1 is 1.54 bits per heavy atom. The molecule has 0 saturated carbocycles. The number of imidazole rings is 1. The highest BCUT2D eigenvalue weighted by atomic mass is 16.2. The largest absolute Gasteiger partial charge is 0.396 e. The fourth-order valence-electron chi connectivity index (χ4n) is 0.694. The number of aromatic nitrogens is 2. The average molecular weight is 184 g/mol. The fraction of sp³-hybridized carbons (Fsp3) is 0.556. The molecule has 0 unspecified atom stereocenters. The standard InChI is InChI=1S/C5H12O.C4H4N2O/c1-2-3-4-5-6;7-4-6-2-1-5-3-6/h6H,2-5H2,1H3;1-4H. The van der Waals surface area contributed by atoms with Crippen LogP contribution in [0.3, 0.4) is 0 Å². The molecule has 1 N–H and O–H groups in total. The van der Waals surface area contributed by atoms with Crippen LogP contribution in [0.1, 0.15) is 26.2 Å². The van der Waals surface area contributed by atoms with Gasteiger partial charge in [-0.1, -0.05) is 19.8 Å². The van der Waals surface area contributed by atoms with Crippen molar-refractivity contribution in [1.29, 1.82) is 0 Å². The first-order chi connectivity index (χ1) is 6.35. The Morgan fingerprint density at radius 2 is 2.31 bits per heavy atom. The molecule has 74 valence electrons. The molecular formula is C9H16N2O2. The fourth-order valence-corrected chi connectivity index (χ4v) is 0.694. The van der Waals surface area contributed by atoms with Crippen LogP contribution in [0.5, 0.6) is 0 Å². The lowest BCUT2D eigenvalue weighted by atomic mass is 10.3. The second-order valence-electron chi connectivity index (χ2n) is 2.55. The molecule has 0 aromatic carbocycles. The molecule has 0 aliphatic rings. The van der Waals surface area contributed by atoms with Crippen LogP contribution in [-0.4, -0.2) is 27.7 Å². The maximum absolute atomic E-state index is 9.79. The Balaban J connectivity index is 0.000000226. The van der Waals surface area contributed by atoms with Gasteiger partial charge in [0.2, 0.25) is 6.41 Å². The van der Waals surface area contributed by atoms with Gasteiger partial charge < -0.3 is 5.11 Å². The van der Waals surface area contributed by atoms with E-state index < -0.39 is 0 Å². The first-order valence-electron chi connectivity index (χ1n) is 4.38. The predicted octanol–water partition coefficient (Wildman–Crippen LogP) is 1.09. The first-order valence-corrected chi connectivity index (χ1v) is 4.38. The van der Waals surface area contributed by atoms with Gasteiger partial charge in [-0.05, 0) is 6.42 Å². The van der Waals surface area contributed by atoms with Crippen molar-refractivity contribution in [3.05, 3.63) is 18.7 Å². The van der Waals surface area contributed by atoms with Gasteiger partial charge in [-0.3, -0.25) is 9.36 Å². The van der Waals surface area contributed by atoms with Crippen molar-refractivity contribution in [2.75, 3.05) is 6.61 Å². The number of carbonyl (C=O) groups excluding carboxylic acids is 1. The smallest absolute Gasteiger partial charge is 0.218 e. The minimum atomic E-state index is 0.355. The lowest BCUT2D eigenvalue weighted by Crippen LogP contribution is -1.86. The van der Waals surface area contributed by atoms with E-state index in [9.17, 15) is 4.79 Å². The van der Waals surface area contributed by atoms with Crippen molar-refractivity contribution >= 4 is 6.41 Å². The minimum absolute atomic E-state index is 0.355. The van der Waals surface area contributed by atoms with Crippen molar-refractivity contribution in [2.24, 2.45) is 0 Å². The van der Waals surface area contributed by atoms with Gasteiger partial charge in [-0.2, -0.15) is 0 Å². The van der Waals surface area contributed by atoms with Crippen molar-refractivity contribution in [3.8, 4) is 0 Å². The van der Waals surface area contributed by atoms with Gasteiger partial charge in [-0.15, -0.1) is 0 Å². The van der Waals surface area contributed by atoms with Crippen molar-refractivity contribution < 1.29 is 9.90 Å². The van der Waals surface area contributed by atoms with E-state index in [1.54, 1.807) is 12.4 Å². The maximum Gasteiger partial charge on any atom is 0.218 e. The number of aliphatic hydroxyl groups excluding tert-OH is 1. The number of nitrogens with zero attached hydrogens (tertiary/aromatic N) is 2. The van der Waals surface area contributed by atoms with E-state index in [1.807, 2.05) is 0 Å². The highest BCUT2D eigenvalue weighted by molar-refractivity contribution is 5.50. The van der Waals surface area contributed by atoms with Gasteiger partial charge in [0.05, 0.1) is 0 Å². The molecule has 0 aliphatic heterocycles. The quantitative estimate of drug-likeness (QED) is 0.563. The van der Waals surface area contributed by atoms with E-state index in [2.05, 4.69) is 11.9 Å². The molecule has 0 amide bonds. The summed E-state index contributed by atoms with van der Waals surface area (Å²) in [5.41, 5.74) is 0. The normalized spacial score (nSPS) is 8.77. The van der Waals surface area contributed by atoms with Gasteiger partial charge in [0.25, 0.3) is 0 Å². The lowest BCUT2D eigenvalue weighted by molar-refractivity contribution is 0.284. The SMILES string of the molecule is CCCCCO.O=Cn1ccnc1. The van der Waals surface area contributed by atoms with Gasteiger partial charge in [0.1, 0.15) is 6.33 Å². The summed E-state index contributed by atoms with van der Waals surface area (Å²) < 4.78 is 1.33. The Hall–Kier alpha value is -1.16. The molecule has 0 fully saturated rings. The molecule has 0 radical (unpaired) electrons. The number of hydrogen-bond acceptors (Lipinski definition) is 3. The van der Waals surface area contributed by atoms with Crippen molar-refractivity contribution in [3.63, 3.8) is 0 Å². The van der Waals surface area contributed by atoms with Crippen LogP contribution < -0.4 is 0 Å². The van der Waals surface area contributed by atoms with Gasteiger partial charge in [0.15, 0.2) is 0 Å². The Morgan fingerprint density at radius 3 is 2.54 bits per heavy atom. The molecule has 0 bridgehead atoms. The summed E-state index contributed by atoms with van der Waals surface area (Å²) in [5.74, 6) is 0. The highest BCUT2D eigenvalue weighted by Gasteiger charge is 1.77. The molecule has 0 aliphatic carbocycles. The van der Waals surface area contributed by atoms with E-state index in [0.717, 1.165) is 12.8 Å². The second-order valence-corrected chi connectivity index (χ2v) is 2.55. The van der Waals surface area contributed by atoms with Crippen molar-refractivity contribution in [1.82, 2.24) is 9.55 Å². The summed E-state index contributed by atoms with van der Waals surface area (Å²) in [4.78, 5) is 13.4. The molecule has 4 heteroatoms. The molecule has 13 heavy (non-hydrogen) atoms. The van der Waals surface area contributed by atoms with E-state index >= 15 is 0 Å². The van der Waals surface area contributed by atoms with Gasteiger partial charge >= 0.3 is 0 Å². The van der Waals surface area contributed by atoms with Gasteiger partial charge in [-0.25, -0.2) is 4.98 Å². The third-order valence-corrected chi connectivity index (χ3v) is 1.41. The van der Waals surface area contributed by atoms with Gasteiger partial charge in [0, 0.05) is 19.0 Å². The summed E-state index contributed by atoms with van der Waals surface area (Å²) in [6.45, 7) is 2.48. The molecule has 0 atom stereocenters. The summed E-state index contributed by atoms with van der Waals surface area (Å²) in [6, 6.07) is 0. The first kappa shape index (κ1) is 11.8. The Labute approximate surface area is 78.2 Å². The van der Waals surface area contributed by atoms with Crippen molar-refractivity contribution in [2.45, 2.75) is 26.2 Å². The molecular weight excluding hydrogens is 168 g/mol. The minimum Gasteiger partial charge on any atom is -0.396 e. The number of aliphatic hydroxyl groups is 1. The Kier molecular flexibility index (Phi) is 8.14. The van der Waals surface area contributed by atoms with E-state index in [1.165, 1.54) is 17.3 Å². The van der Waals surface area contributed by atoms with E-state index in [-0.39, 0.29) is 0 Å². The number of unbranched alkanes of at least 4 members (excludes halogenated alkanes) is 2. The van der Waals surface area contributed by atoms with Crippen LogP contribution in [0.4, 0.5) is 0 Å². The molecule has 0 saturated heterocycles. The zero-order valence-corrected chi connectivity index (χ0v) is 7.89. The zero-order valence-electron chi connectivity index (χ0n) is 7.89. The van der Waals surface area contributed by atoms with Crippen LogP contribution in [0.15, 0.2) is 18.7 Å². The van der Waals surface area contributed by atoms with Crippen LogP contribution in [-0.2, 0) is 4.79 Å². The monoisotopic (exact) mass is 184 g/mol. The topological polar surface area (TPSA) is 55.1 Å². The molecule has 1 aromatic rings. The summed E-state index contributed by atoms with van der Waals surface area (Å²) in [7, 11) is 0. The second kappa shape index (κ2) is 8.93. The van der Waals surface area contributed by atoms with E-state index in [0.29, 0.717) is 13.0 Å². The molecule has 4 nitrogen and oxygen atoms in total. The van der Waals surface area contributed by atoms with Crippen LogP contribution in [0.25, 0.3) is 0 Å². The number of carbonyl (C=O) groups is 1. The zero-order chi connectivity index (χ0) is 9.94. The average Bonchev–Trinajstić information content (AvgIpc) is 2.68. The Bertz CT molecular complexity index is 193. The number of rotatable bonds is 4. The lowest BCUT2D eigenvalue weighted by Gasteiger charge is -1.85. The van der Waals surface area contributed by atoms with Crippen LogP contribution in [0.2, 0.25) is 0 Å². The molecule has 0 spiro atoms. The third kappa shape index (κ3) is 7.21. The molecule has 1 aromatic heterocycles. The molecule has 1 rings (SSSR count). The number of hydrogen-bond donors (Lipinski definition) is 1. The summed E-state index contributed by atoms with van der Waals surface area (Å²) >= 11 is 0. The van der Waals surface area contributed by atoms with Crippen LogP contribution >= 0.6 is 0 Å².